The van der Waals surface area contributed by atoms with E-state index in [2.05, 4.69) is 0 Å². The van der Waals surface area contributed by atoms with Crippen molar-refractivity contribution in [3.63, 3.8) is 0 Å². The van der Waals surface area contributed by atoms with Gasteiger partial charge in [-0.15, -0.1) is 0 Å². The van der Waals surface area contributed by atoms with Crippen LogP contribution in [0.3, 0.4) is 0 Å². The Morgan fingerprint density at radius 1 is 1.23 bits per heavy atom. The van der Waals surface area contributed by atoms with E-state index in [-0.39, 0.29) is 25.2 Å². The van der Waals surface area contributed by atoms with Crippen LogP contribution in [0.2, 0.25) is 0 Å². The number of sulfonamides is 1. The Balaban J connectivity index is 1.90. The fourth-order valence-electron chi connectivity index (χ4n) is 3.09. The van der Waals surface area contributed by atoms with Crippen LogP contribution in [-0.4, -0.2) is 63.1 Å². The molecule has 2 heterocycles. The fraction of sp³-hybridized carbons (Fsp3) is 0.571. The largest absolute Gasteiger partial charge is 0.375 e. The lowest BCUT2D eigenvalue weighted by molar-refractivity contribution is -0.0840. The van der Waals surface area contributed by atoms with Gasteiger partial charge in [0.1, 0.15) is 11.6 Å². The second kappa shape index (κ2) is 5.84. The summed E-state index contributed by atoms with van der Waals surface area (Å²) in [5, 5.41) is 0. The van der Waals surface area contributed by atoms with Crippen molar-refractivity contribution in [1.82, 2.24) is 9.21 Å². The maximum absolute atomic E-state index is 13.8. The zero-order chi connectivity index (χ0) is 15.9. The number of fused-ring (bicyclic) bond motifs is 1. The first-order valence-electron chi connectivity index (χ1n) is 7.17. The summed E-state index contributed by atoms with van der Waals surface area (Å²) < 4.78 is 59.7. The van der Waals surface area contributed by atoms with E-state index in [1.165, 1.54) is 0 Å². The van der Waals surface area contributed by atoms with Crippen molar-refractivity contribution in [3.8, 4) is 0 Å². The monoisotopic (exact) mass is 332 g/mol. The van der Waals surface area contributed by atoms with Crippen molar-refractivity contribution in [2.45, 2.75) is 23.5 Å². The van der Waals surface area contributed by atoms with Crippen molar-refractivity contribution in [3.05, 3.63) is 29.8 Å². The third-order valence-corrected chi connectivity index (χ3v) is 6.26. The first-order chi connectivity index (χ1) is 10.4. The summed E-state index contributed by atoms with van der Waals surface area (Å²) >= 11 is 0. The highest BCUT2D eigenvalue weighted by Gasteiger charge is 2.41. The fourth-order valence-corrected chi connectivity index (χ4v) is 4.67. The highest BCUT2D eigenvalue weighted by atomic mass is 32.2. The molecule has 2 atom stereocenters. The van der Waals surface area contributed by atoms with Crippen LogP contribution in [0.15, 0.2) is 23.1 Å². The molecule has 2 saturated heterocycles. The second-order valence-electron chi connectivity index (χ2n) is 5.66. The van der Waals surface area contributed by atoms with Gasteiger partial charge in [-0.3, -0.25) is 4.90 Å². The number of benzene rings is 1. The van der Waals surface area contributed by atoms with Crippen molar-refractivity contribution < 1.29 is 21.9 Å². The van der Waals surface area contributed by atoms with Crippen LogP contribution in [0.1, 0.15) is 6.42 Å². The normalized spacial score (nSPS) is 27.6. The Morgan fingerprint density at radius 2 is 1.91 bits per heavy atom. The van der Waals surface area contributed by atoms with E-state index < -0.39 is 26.6 Å². The number of ether oxygens (including phenoxy) is 1. The van der Waals surface area contributed by atoms with E-state index in [4.69, 9.17) is 4.74 Å². The number of likely N-dealkylation sites (N-methyl/N-ethyl adjacent to an activating group) is 1. The molecule has 1 aromatic rings. The standard InChI is InChI=1S/C14H18F2N2O3S/c1-17-7-8-21-13-5-6-18(9-12(13)17)22(19,20)14-10(15)3-2-4-11(14)16/h2-4,12-13H,5-9H2,1H3/t12-,13-/m0/s1. The maximum atomic E-state index is 13.8. The number of rotatable bonds is 2. The van der Waals surface area contributed by atoms with Gasteiger partial charge in [0.2, 0.25) is 10.0 Å². The molecule has 0 amide bonds. The predicted octanol–water partition coefficient (Wildman–Crippen LogP) is 1.06. The topological polar surface area (TPSA) is 49.9 Å². The summed E-state index contributed by atoms with van der Waals surface area (Å²) in [5.41, 5.74) is 0. The summed E-state index contributed by atoms with van der Waals surface area (Å²) in [6.07, 6.45) is 0.486. The number of halogens is 2. The summed E-state index contributed by atoms with van der Waals surface area (Å²) in [6, 6.07) is 2.97. The molecule has 0 aliphatic carbocycles. The van der Waals surface area contributed by atoms with Crippen LogP contribution in [0.4, 0.5) is 8.78 Å². The zero-order valence-corrected chi connectivity index (χ0v) is 13.0. The van der Waals surface area contributed by atoms with Gasteiger partial charge in [0.25, 0.3) is 0 Å². The van der Waals surface area contributed by atoms with Crippen LogP contribution in [-0.2, 0) is 14.8 Å². The number of nitrogens with zero attached hydrogens (tertiary/aromatic N) is 2. The zero-order valence-electron chi connectivity index (χ0n) is 12.2. The molecule has 22 heavy (non-hydrogen) atoms. The predicted molar refractivity (Wildman–Crippen MR) is 75.9 cm³/mol. The Hall–Kier alpha value is -1.09. The highest BCUT2D eigenvalue weighted by molar-refractivity contribution is 7.89. The minimum absolute atomic E-state index is 0.0318. The van der Waals surface area contributed by atoms with Crippen LogP contribution in [0.5, 0.6) is 0 Å². The molecule has 0 unspecified atom stereocenters. The summed E-state index contributed by atoms with van der Waals surface area (Å²) in [6.45, 7) is 1.71. The summed E-state index contributed by atoms with van der Waals surface area (Å²) in [7, 11) is -2.29. The van der Waals surface area contributed by atoms with Gasteiger partial charge >= 0.3 is 0 Å². The van der Waals surface area contributed by atoms with Crippen LogP contribution >= 0.6 is 0 Å². The molecule has 0 saturated carbocycles. The molecule has 0 N–H and O–H groups in total. The molecule has 2 aliphatic rings. The van der Waals surface area contributed by atoms with Crippen molar-refractivity contribution >= 4 is 10.0 Å². The van der Waals surface area contributed by atoms with E-state index in [0.717, 1.165) is 22.5 Å². The first-order valence-corrected chi connectivity index (χ1v) is 8.61. The number of hydrogen-bond acceptors (Lipinski definition) is 4. The van der Waals surface area contributed by atoms with Gasteiger partial charge in [-0.25, -0.2) is 17.2 Å². The van der Waals surface area contributed by atoms with Crippen molar-refractivity contribution in [2.24, 2.45) is 0 Å². The van der Waals surface area contributed by atoms with Crippen LogP contribution < -0.4 is 0 Å². The van der Waals surface area contributed by atoms with E-state index in [9.17, 15) is 17.2 Å². The lowest BCUT2D eigenvalue weighted by atomic mass is 10.0. The summed E-state index contributed by atoms with van der Waals surface area (Å²) in [5.74, 6) is -2.12. The Labute approximate surface area is 128 Å². The molecule has 0 radical (unpaired) electrons. The van der Waals surface area contributed by atoms with E-state index in [1.807, 2.05) is 11.9 Å². The van der Waals surface area contributed by atoms with Crippen LogP contribution in [0.25, 0.3) is 0 Å². The van der Waals surface area contributed by atoms with Gasteiger partial charge in [0, 0.05) is 25.7 Å². The van der Waals surface area contributed by atoms with Gasteiger partial charge in [-0.05, 0) is 25.6 Å². The Bertz CT molecular complexity index is 648. The summed E-state index contributed by atoms with van der Waals surface area (Å²) in [4.78, 5) is 1.17. The quantitative estimate of drug-likeness (QED) is 0.813. The average molecular weight is 332 g/mol. The smallest absolute Gasteiger partial charge is 0.248 e. The number of morpholine rings is 1. The Morgan fingerprint density at radius 3 is 2.59 bits per heavy atom. The number of hydrogen-bond donors (Lipinski definition) is 0. The molecule has 0 spiro atoms. The van der Waals surface area contributed by atoms with Gasteiger partial charge in [0.15, 0.2) is 4.90 Å². The lowest BCUT2D eigenvalue weighted by Gasteiger charge is -2.45. The molecular formula is C14H18F2N2O3S. The average Bonchev–Trinajstić information content (AvgIpc) is 2.47. The second-order valence-corrected chi connectivity index (χ2v) is 7.53. The van der Waals surface area contributed by atoms with E-state index >= 15 is 0 Å². The number of piperidine rings is 1. The minimum Gasteiger partial charge on any atom is -0.375 e. The molecule has 5 nitrogen and oxygen atoms in total. The Kier molecular flexibility index (Phi) is 4.19. The van der Waals surface area contributed by atoms with Crippen LogP contribution in [0, 0.1) is 11.6 Å². The molecule has 1 aromatic carbocycles. The van der Waals surface area contributed by atoms with Crippen molar-refractivity contribution in [2.75, 3.05) is 33.3 Å². The van der Waals surface area contributed by atoms with Gasteiger partial charge in [0.05, 0.1) is 12.7 Å². The highest BCUT2D eigenvalue weighted by Crippen LogP contribution is 2.28. The molecule has 3 rings (SSSR count). The first kappa shape index (κ1) is 15.8. The van der Waals surface area contributed by atoms with Gasteiger partial charge in [-0.1, -0.05) is 6.07 Å². The van der Waals surface area contributed by atoms with E-state index in [1.54, 1.807) is 0 Å². The molecule has 2 fully saturated rings. The molecule has 122 valence electrons. The molecule has 2 aliphatic heterocycles. The van der Waals surface area contributed by atoms with E-state index in [0.29, 0.717) is 19.6 Å². The minimum atomic E-state index is -4.20. The lowest BCUT2D eigenvalue weighted by Crippen LogP contribution is -2.59. The molecule has 0 aromatic heterocycles. The van der Waals surface area contributed by atoms with Crippen molar-refractivity contribution in [1.29, 1.82) is 0 Å². The maximum Gasteiger partial charge on any atom is 0.248 e. The molecular weight excluding hydrogens is 314 g/mol. The third kappa shape index (κ3) is 2.64. The third-order valence-electron chi connectivity index (χ3n) is 4.34. The molecule has 0 bridgehead atoms. The molecule has 8 heteroatoms. The SMILES string of the molecule is CN1CCO[C@H]2CCN(S(=O)(=O)c3c(F)cccc3F)C[C@@H]21. The van der Waals surface area contributed by atoms with Gasteiger partial charge < -0.3 is 4.74 Å². The van der Waals surface area contributed by atoms with Gasteiger partial charge in [-0.2, -0.15) is 4.31 Å².